The van der Waals surface area contributed by atoms with E-state index >= 15 is 0 Å². The molecular formula is C22H20O. The number of hydrogen-bond donors (Lipinski definition) is 0. The molecule has 1 nitrogen and oxygen atoms in total. The molecule has 0 heterocycles. The number of aryl methyl sites for hydroxylation is 2. The third kappa shape index (κ3) is 3.51. The SMILES string of the molecule is C=C(c1ccc(Oc2ccccc2)cc1)c1cc(C)ccc1C. The molecule has 0 aromatic heterocycles. The number of benzene rings is 3. The van der Waals surface area contributed by atoms with Crippen LogP contribution < -0.4 is 4.74 Å². The molecule has 0 aliphatic carbocycles. The summed E-state index contributed by atoms with van der Waals surface area (Å²) in [6, 6.07) is 24.3. The van der Waals surface area contributed by atoms with Crippen LogP contribution in [0.1, 0.15) is 22.3 Å². The predicted molar refractivity (Wildman–Crippen MR) is 97.0 cm³/mol. The summed E-state index contributed by atoms with van der Waals surface area (Å²) >= 11 is 0. The molecule has 3 aromatic rings. The summed E-state index contributed by atoms with van der Waals surface area (Å²) in [5, 5.41) is 0. The van der Waals surface area contributed by atoms with Gasteiger partial charge in [0.25, 0.3) is 0 Å². The molecule has 0 unspecified atom stereocenters. The Hall–Kier alpha value is -2.80. The summed E-state index contributed by atoms with van der Waals surface area (Å²) in [5.74, 6) is 1.67. The highest BCUT2D eigenvalue weighted by Crippen LogP contribution is 2.28. The molecule has 0 spiro atoms. The highest BCUT2D eigenvalue weighted by Gasteiger charge is 2.06. The van der Waals surface area contributed by atoms with Crippen molar-refractivity contribution in [3.05, 3.63) is 102 Å². The van der Waals surface area contributed by atoms with E-state index in [2.05, 4.69) is 50.8 Å². The quantitative estimate of drug-likeness (QED) is 0.561. The van der Waals surface area contributed by atoms with Gasteiger partial charge in [-0.25, -0.2) is 0 Å². The van der Waals surface area contributed by atoms with E-state index in [0.29, 0.717) is 0 Å². The summed E-state index contributed by atoms with van der Waals surface area (Å²) in [6.45, 7) is 8.49. The molecule has 0 bridgehead atoms. The third-order valence-corrected chi connectivity index (χ3v) is 3.90. The first-order valence-electron chi connectivity index (χ1n) is 7.73. The topological polar surface area (TPSA) is 9.23 Å². The van der Waals surface area contributed by atoms with Crippen LogP contribution >= 0.6 is 0 Å². The van der Waals surface area contributed by atoms with Gasteiger partial charge in [-0.1, -0.05) is 60.7 Å². The molecule has 1 heteroatoms. The van der Waals surface area contributed by atoms with Crippen LogP contribution in [0.15, 0.2) is 79.4 Å². The second kappa shape index (κ2) is 6.53. The van der Waals surface area contributed by atoms with Crippen LogP contribution in [0.25, 0.3) is 5.57 Å². The van der Waals surface area contributed by atoms with Gasteiger partial charge in [-0.2, -0.15) is 0 Å². The number of para-hydroxylation sites is 1. The first-order valence-corrected chi connectivity index (χ1v) is 7.73. The maximum Gasteiger partial charge on any atom is 0.127 e. The Balaban J connectivity index is 1.82. The van der Waals surface area contributed by atoms with Crippen molar-refractivity contribution >= 4 is 5.57 Å². The summed E-state index contributed by atoms with van der Waals surface area (Å²) in [4.78, 5) is 0. The Kier molecular flexibility index (Phi) is 4.29. The van der Waals surface area contributed by atoms with Crippen LogP contribution in [0.2, 0.25) is 0 Å². The molecule has 3 rings (SSSR count). The molecule has 0 radical (unpaired) electrons. The monoisotopic (exact) mass is 300 g/mol. The predicted octanol–water partition coefficient (Wildman–Crippen LogP) is 6.16. The Morgan fingerprint density at radius 2 is 1.43 bits per heavy atom. The lowest BCUT2D eigenvalue weighted by Crippen LogP contribution is -1.92. The van der Waals surface area contributed by atoms with Crippen LogP contribution in [0.4, 0.5) is 0 Å². The van der Waals surface area contributed by atoms with Crippen molar-refractivity contribution in [2.24, 2.45) is 0 Å². The van der Waals surface area contributed by atoms with Gasteiger partial charge in [0, 0.05) is 0 Å². The first-order chi connectivity index (χ1) is 11.1. The second-order valence-electron chi connectivity index (χ2n) is 5.74. The van der Waals surface area contributed by atoms with Crippen molar-refractivity contribution in [3.63, 3.8) is 0 Å². The van der Waals surface area contributed by atoms with Crippen molar-refractivity contribution < 1.29 is 4.74 Å². The fourth-order valence-electron chi connectivity index (χ4n) is 2.57. The van der Waals surface area contributed by atoms with E-state index in [0.717, 1.165) is 22.6 Å². The number of rotatable bonds is 4. The number of ether oxygens (including phenoxy) is 1. The largest absolute Gasteiger partial charge is 0.457 e. The standard InChI is InChI=1S/C22H20O/c1-16-9-10-17(2)22(15-16)18(3)19-11-13-21(14-12-19)23-20-7-5-4-6-8-20/h4-15H,3H2,1-2H3. The third-order valence-electron chi connectivity index (χ3n) is 3.90. The highest BCUT2D eigenvalue weighted by atomic mass is 16.5. The minimum absolute atomic E-state index is 0.828. The fraction of sp³-hybridized carbons (Fsp3) is 0.0909. The van der Waals surface area contributed by atoms with Gasteiger partial charge in [0.15, 0.2) is 0 Å². The lowest BCUT2D eigenvalue weighted by molar-refractivity contribution is 0.482. The Morgan fingerprint density at radius 3 is 2.13 bits per heavy atom. The van der Waals surface area contributed by atoms with Crippen LogP contribution in [-0.4, -0.2) is 0 Å². The van der Waals surface area contributed by atoms with E-state index in [-0.39, 0.29) is 0 Å². The molecule has 114 valence electrons. The van der Waals surface area contributed by atoms with Crippen LogP contribution in [0.3, 0.4) is 0 Å². The molecule has 0 aliphatic rings. The summed E-state index contributed by atoms with van der Waals surface area (Å²) in [5.41, 5.74) is 5.83. The van der Waals surface area contributed by atoms with Gasteiger partial charge >= 0.3 is 0 Å². The molecule has 0 atom stereocenters. The second-order valence-corrected chi connectivity index (χ2v) is 5.74. The van der Waals surface area contributed by atoms with E-state index < -0.39 is 0 Å². The summed E-state index contributed by atoms with van der Waals surface area (Å²) < 4.78 is 5.83. The van der Waals surface area contributed by atoms with Gasteiger partial charge < -0.3 is 4.74 Å². The first kappa shape index (κ1) is 15.1. The van der Waals surface area contributed by atoms with Crippen LogP contribution in [0, 0.1) is 13.8 Å². The molecule has 0 aliphatic heterocycles. The molecule has 0 saturated heterocycles. The minimum atomic E-state index is 0.828. The van der Waals surface area contributed by atoms with Gasteiger partial charge in [-0.15, -0.1) is 0 Å². The summed E-state index contributed by atoms with van der Waals surface area (Å²) in [6.07, 6.45) is 0. The Bertz CT molecular complexity index is 814. The molecule has 0 N–H and O–H groups in total. The summed E-state index contributed by atoms with van der Waals surface area (Å²) in [7, 11) is 0. The van der Waals surface area contributed by atoms with Gasteiger partial charge in [-0.3, -0.25) is 0 Å². The molecular weight excluding hydrogens is 280 g/mol. The molecule has 3 aromatic carbocycles. The van der Waals surface area contributed by atoms with E-state index in [9.17, 15) is 0 Å². The van der Waals surface area contributed by atoms with Crippen molar-refractivity contribution in [1.82, 2.24) is 0 Å². The van der Waals surface area contributed by atoms with E-state index in [1.54, 1.807) is 0 Å². The Morgan fingerprint density at radius 1 is 0.783 bits per heavy atom. The Labute approximate surface area is 137 Å². The maximum absolute atomic E-state index is 5.83. The van der Waals surface area contributed by atoms with Gasteiger partial charge in [0.1, 0.15) is 11.5 Å². The van der Waals surface area contributed by atoms with Crippen molar-refractivity contribution in [3.8, 4) is 11.5 Å². The van der Waals surface area contributed by atoms with Gasteiger partial charge in [0.2, 0.25) is 0 Å². The van der Waals surface area contributed by atoms with Gasteiger partial charge in [-0.05, 0) is 60.4 Å². The molecule has 0 fully saturated rings. The highest BCUT2D eigenvalue weighted by molar-refractivity contribution is 5.80. The lowest BCUT2D eigenvalue weighted by Gasteiger charge is -2.12. The molecule has 0 saturated carbocycles. The lowest BCUT2D eigenvalue weighted by atomic mass is 9.94. The average Bonchev–Trinajstić information content (AvgIpc) is 2.58. The molecule has 0 amide bonds. The fourth-order valence-corrected chi connectivity index (χ4v) is 2.57. The minimum Gasteiger partial charge on any atom is -0.457 e. The number of hydrogen-bond acceptors (Lipinski definition) is 1. The van der Waals surface area contributed by atoms with Crippen molar-refractivity contribution in [2.45, 2.75) is 13.8 Å². The van der Waals surface area contributed by atoms with Crippen molar-refractivity contribution in [2.75, 3.05) is 0 Å². The smallest absolute Gasteiger partial charge is 0.127 e. The van der Waals surface area contributed by atoms with E-state index in [1.165, 1.54) is 16.7 Å². The van der Waals surface area contributed by atoms with Crippen LogP contribution in [0.5, 0.6) is 11.5 Å². The van der Waals surface area contributed by atoms with Gasteiger partial charge in [0.05, 0.1) is 0 Å². The zero-order valence-electron chi connectivity index (χ0n) is 13.5. The molecule has 23 heavy (non-hydrogen) atoms. The van der Waals surface area contributed by atoms with Crippen molar-refractivity contribution in [1.29, 1.82) is 0 Å². The van der Waals surface area contributed by atoms with E-state index in [4.69, 9.17) is 4.74 Å². The normalized spacial score (nSPS) is 10.3. The maximum atomic E-state index is 5.83. The van der Waals surface area contributed by atoms with Crippen LogP contribution in [-0.2, 0) is 0 Å². The zero-order valence-corrected chi connectivity index (χ0v) is 13.5. The average molecular weight is 300 g/mol. The zero-order chi connectivity index (χ0) is 16.2. The van der Waals surface area contributed by atoms with E-state index in [1.807, 2.05) is 42.5 Å².